The van der Waals surface area contributed by atoms with Crippen LogP contribution < -0.4 is 0 Å². The molecule has 3 rings (SSSR count). The summed E-state index contributed by atoms with van der Waals surface area (Å²) in [6.45, 7) is 6.13. The Kier molecular flexibility index (Phi) is 6.47. The van der Waals surface area contributed by atoms with Crippen molar-refractivity contribution in [2.75, 3.05) is 13.7 Å². The van der Waals surface area contributed by atoms with Crippen LogP contribution in [0.1, 0.15) is 44.6 Å². The van der Waals surface area contributed by atoms with Crippen LogP contribution in [0, 0.1) is 13.8 Å². The predicted molar refractivity (Wildman–Crippen MR) is 116 cm³/mol. The number of esters is 2. The normalized spacial score (nSPS) is 10.9. The summed E-state index contributed by atoms with van der Waals surface area (Å²) in [6.07, 6.45) is 1.78. The van der Waals surface area contributed by atoms with Crippen molar-refractivity contribution in [3.05, 3.63) is 82.7 Å². The zero-order valence-corrected chi connectivity index (χ0v) is 17.5. The summed E-state index contributed by atoms with van der Waals surface area (Å²) in [6, 6.07) is 16.3. The van der Waals surface area contributed by atoms with Crippen LogP contribution in [0.5, 0.6) is 0 Å². The highest BCUT2D eigenvalue weighted by Crippen LogP contribution is 2.22. The van der Waals surface area contributed by atoms with Crippen molar-refractivity contribution < 1.29 is 19.1 Å². The Balaban J connectivity index is 1.86. The molecule has 0 saturated carbocycles. The minimum atomic E-state index is -0.361. The molecule has 30 heavy (non-hydrogen) atoms. The Labute approximate surface area is 175 Å². The first kappa shape index (κ1) is 21.0. The SMILES string of the molecule is CCOC(=O)c1cccc(N=Cc2cc(C)n(-c3ccc(C(=O)OC)cc3)c2C)c1. The molecule has 3 aromatic rings. The Morgan fingerprint density at radius 1 is 1.00 bits per heavy atom. The summed E-state index contributed by atoms with van der Waals surface area (Å²) in [7, 11) is 1.37. The van der Waals surface area contributed by atoms with Crippen LogP contribution in [0.15, 0.2) is 59.6 Å². The molecule has 0 unspecified atom stereocenters. The summed E-state index contributed by atoms with van der Waals surface area (Å²) < 4.78 is 11.9. The number of aryl methyl sites for hydroxylation is 1. The third-order valence-corrected chi connectivity index (χ3v) is 4.73. The molecule has 2 aromatic carbocycles. The van der Waals surface area contributed by atoms with Crippen molar-refractivity contribution in [2.24, 2.45) is 4.99 Å². The molecule has 0 aliphatic rings. The van der Waals surface area contributed by atoms with Gasteiger partial charge in [-0.1, -0.05) is 6.07 Å². The molecule has 0 N–H and O–H groups in total. The molecule has 6 nitrogen and oxygen atoms in total. The summed E-state index contributed by atoms with van der Waals surface area (Å²) >= 11 is 0. The first-order valence-corrected chi connectivity index (χ1v) is 9.63. The van der Waals surface area contributed by atoms with E-state index in [2.05, 4.69) is 9.56 Å². The molecule has 0 aliphatic heterocycles. The molecule has 0 bridgehead atoms. The van der Waals surface area contributed by atoms with E-state index in [0.29, 0.717) is 23.4 Å². The van der Waals surface area contributed by atoms with Crippen molar-refractivity contribution in [3.8, 4) is 5.69 Å². The number of aliphatic imine (C=N–C) groups is 1. The lowest BCUT2D eigenvalue weighted by molar-refractivity contribution is 0.0525. The highest BCUT2D eigenvalue weighted by molar-refractivity contribution is 5.91. The number of benzene rings is 2. The largest absolute Gasteiger partial charge is 0.465 e. The number of ether oxygens (including phenoxy) is 2. The second-order valence-corrected chi connectivity index (χ2v) is 6.73. The predicted octanol–water partition coefficient (Wildman–Crippen LogP) is 4.81. The van der Waals surface area contributed by atoms with Gasteiger partial charge in [-0.15, -0.1) is 0 Å². The van der Waals surface area contributed by atoms with E-state index in [1.54, 1.807) is 43.5 Å². The summed E-state index contributed by atoms with van der Waals surface area (Å²) in [4.78, 5) is 28.1. The van der Waals surface area contributed by atoms with Gasteiger partial charge in [-0.05, 0) is 69.3 Å². The second kappa shape index (κ2) is 9.22. The molecule has 0 spiro atoms. The van der Waals surface area contributed by atoms with E-state index >= 15 is 0 Å². The molecule has 6 heteroatoms. The maximum atomic E-state index is 11.9. The number of aromatic nitrogens is 1. The van der Waals surface area contributed by atoms with E-state index in [4.69, 9.17) is 9.47 Å². The van der Waals surface area contributed by atoms with Crippen LogP contribution in [-0.2, 0) is 9.47 Å². The van der Waals surface area contributed by atoms with E-state index < -0.39 is 0 Å². The first-order chi connectivity index (χ1) is 14.4. The zero-order valence-electron chi connectivity index (χ0n) is 17.5. The molecular formula is C24H24N2O4. The molecule has 0 saturated heterocycles. The van der Waals surface area contributed by atoms with Crippen molar-refractivity contribution in [2.45, 2.75) is 20.8 Å². The summed E-state index contributed by atoms with van der Waals surface area (Å²) in [5.74, 6) is -0.719. The summed E-state index contributed by atoms with van der Waals surface area (Å²) in [5.41, 5.74) is 5.62. The summed E-state index contributed by atoms with van der Waals surface area (Å²) in [5, 5.41) is 0. The quantitative estimate of drug-likeness (QED) is 0.437. The Morgan fingerprint density at radius 2 is 1.73 bits per heavy atom. The average Bonchev–Trinajstić information content (AvgIpc) is 3.05. The standard InChI is InChI=1S/C24H24N2O4/c1-5-30-24(28)19-7-6-8-21(14-19)25-15-20-13-16(2)26(17(20)3)22-11-9-18(10-12-22)23(27)29-4/h6-15H,5H2,1-4H3. The molecule has 0 radical (unpaired) electrons. The van der Waals surface area contributed by atoms with Crippen LogP contribution in [-0.4, -0.2) is 36.4 Å². The zero-order chi connectivity index (χ0) is 21.7. The second-order valence-electron chi connectivity index (χ2n) is 6.73. The van der Waals surface area contributed by atoms with Crippen molar-refractivity contribution >= 4 is 23.8 Å². The molecule has 0 atom stereocenters. The van der Waals surface area contributed by atoms with Gasteiger partial charge in [0.1, 0.15) is 0 Å². The molecule has 1 aromatic heterocycles. The third-order valence-electron chi connectivity index (χ3n) is 4.73. The van der Waals surface area contributed by atoms with Crippen molar-refractivity contribution in [3.63, 3.8) is 0 Å². The number of methoxy groups -OCH3 is 1. The van der Waals surface area contributed by atoms with Crippen LogP contribution in [0.3, 0.4) is 0 Å². The van der Waals surface area contributed by atoms with E-state index in [9.17, 15) is 9.59 Å². The number of hydrogen-bond donors (Lipinski definition) is 0. The van der Waals surface area contributed by atoms with Gasteiger partial charge in [0.05, 0.1) is 30.5 Å². The topological polar surface area (TPSA) is 69.9 Å². The lowest BCUT2D eigenvalue weighted by Crippen LogP contribution is -2.04. The number of carbonyl (C=O) groups is 2. The fourth-order valence-electron chi connectivity index (χ4n) is 3.25. The Morgan fingerprint density at radius 3 is 2.40 bits per heavy atom. The van der Waals surface area contributed by atoms with Gasteiger partial charge in [-0.3, -0.25) is 4.99 Å². The fourth-order valence-corrected chi connectivity index (χ4v) is 3.25. The molecule has 0 aliphatic carbocycles. The van der Waals surface area contributed by atoms with E-state index in [0.717, 1.165) is 22.6 Å². The van der Waals surface area contributed by atoms with Crippen molar-refractivity contribution in [1.29, 1.82) is 0 Å². The van der Waals surface area contributed by atoms with E-state index in [1.807, 2.05) is 38.1 Å². The maximum Gasteiger partial charge on any atom is 0.338 e. The van der Waals surface area contributed by atoms with Crippen LogP contribution >= 0.6 is 0 Å². The van der Waals surface area contributed by atoms with Gasteiger partial charge in [-0.2, -0.15) is 0 Å². The monoisotopic (exact) mass is 404 g/mol. The van der Waals surface area contributed by atoms with Crippen LogP contribution in [0.25, 0.3) is 5.69 Å². The molecule has 0 fully saturated rings. The molecule has 0 amide bonds. The van der Waals surface area contributed by atoms with Gasteiger partial charge in [0.15, 0.2) is 0 Å². The minimum absolute atomic E-state index is 0.332. The smallest absolute Gasteiger partial charge is 0.338 e. The number of hydrogen-bond acceptors (Lipinski definition) is 5. The number of nitrogens with zero attached hydrogens (tertiary/aromatic N) is 2. The minimum Gasteiger partial charge on any atom is -0.465 e. The molecular weight excluding hydrogens is 380 g/mol. The Hall–Kier alpha value is -3.67. The van der Waals surface area contributed by atoms with Gasteiger partial charge >= 0.3 is 11.9 Å². The Bertz CT molecular complexity index is 1090. The lowest BCUT2D eigenvalue weighted by atomic mass is 10.2. The maximum absolute atomic E-state index is 11.9. The average molecular weight is 404 g/mol. The van der Waals surface area contributed by atoms with E-state index in [1.165, 1.54) is 7.11 Å². The highest BCUT2D eigenvalue weighted by atomic mass is 16.5. The third kappa shape index (κ3) is 4.49. The van der Waals surface area contributed by atoms with Gasteiger partial charge in [0.25, 0.3) is 0 Å². The van der Waals surface area contributed by atoms with Gasteiger partial charge in [0.2, 0.25) is 0 Å². The lowest BCUT2D eigenvalue weighted by Gasteiger charge is -2.10. The van der Waals surface area contributed by atoms with Crippen LogP contribution in [0.4, 0.5) is 5.69 Å². The van der Waals surface area contributed by atoms with Crippen LogP contribution in [0.2, 0.25) is 0 Å². The van der Waals surface area contributed by atoms with Gasteiger partial charge < -0.3 is 14.0 Å². The van der Waals surface area contributed by atoms with Crippen molar-refractivity contribution in [1.82, 2.24) is 4.57 Å². The highest BCUT2D eigenvalue weighted by Gasteiger charge is 2.11. The fraction of sp³-hybridized carbons (Fsp3) is 0.208. The molecule has 154 valence electrons. The van der Waals surface area contributed by atoms with E-state index in [-0.39, 0.29) is 11.9 Å². The molecule has 1 heterocycles. The first-order valence-electron chi connectivity index (χ1n) is 9.63. The number of carbonyl (C=O) groups excluding carboxylic acids is 2. The number of rotatable bonds is 6. The van der Waals surface area contributed by atoms with Gasteiger partial charge in [0, 0.05) is 28.9 Å². The van der Waals surface area contributed by atoms with Gasteiger partial charge in [-0.25, -0.2) is 9.59 Å².